The van der Waals surface area contributed by atoms with E-state index in [1.807, 2.05) is 5.38 Å². The molecule has 3 atom stereocenters. The summed E-state index contributed by atoms with van der Waals surface area (Å²) in [5.41, 5.74) is 1.00. The molecule has 2 saturated heterocycles. The normalized spacial score (nSPS) is 28.9. The highest BCUT2D eigenvalue weighted by molar-refractivity contribution is 8.02. The fourth-order valence-electron chi connectivity index (χ4n) is 3.83. The third-order valence-electron chi connectivity index (χ3n) is 4.77. The Morgan fingerprint density at radius 2 is 2.12 bits per heavy atom. The van der Waals surface area contributed by atoms with E-state index in [9.17, 15) is 13.2 Å². The minimum atomic E-state index is -2.89. The second-order valence-corrected chi connectivity index (χ2v) is 12.0. The molecule has 2 aliphatic rings. The number of nitrogens with one attached hydrogen (secondary N) is 1. The molecule has 9 heteroatoms. The predicted octanol–water partition coefficient (Wildman–Crippen LogP) is 2.48. The molecule has 3 heterocycles. The Labute approximate surface area is 164 Å². The molecule has 146 valence electrons. The quantitative estimate of drug-likeness (QED) is 0.766. The molecule has 3 unspecified atom stereocenters. The molecule has 0 saturated carbocycles. The Bertz CT molecular complexity index is 725. The van der Waals surface area contributed by atoms with E-state index in [0.29, 0.717) is 23.4 Å². The van der Waals surface area contributed by atoms with E-state index in [0.717, 1.165) is 25.3 Å². The summed E-state index contributed by atoms with van der Waals surface area (Å²) < 4.78 is 22.9. The van der Waals surface area contributed by atoms with Crippen LogP contribution in [0.5, 0.6) is 0 Å². The molecule has 0 radical (unpaired) electrons. The van der Waals surface area contributed by atoms with Gasteiger partial charge in [-0.25, -0.2) is 13.4 Å². The van der Waals surface area contributed by atoms with Crippen LogP contribution in [-0.4, -0.2) is 59.8 Å². The molecule has 26 heavy (non-hydrogen) atoms. The maximum atomic E-state index is 12.1. The molecule has 2 aliphatic heterocycles. The van der Waals surface area contributed by atoms with Gasteiger partial charge in [0.05, 0.1) is 23.0 Å². The number of piperidine rings is 1. The van der Waals surface area contributed by atoms with E-state index in [2.05, 4.69) is 29.0 Å². The molecule has 1 aromatic heterocycles. The van der Waals surface area contributed by atoms with Gasteiger partial charge in [0.25, 0.3) is 0 Å². The fourth-order valence-corrected chi connectivity index (χ4v) is 7.99. The van der Waals surface area contributed by atoms with Crippen molar-refractivity contribution in [1.82, 2.24) is 9.88 Å². The van der Waals surface area contributed by atoms with Crippen molar-refractivity contribution >= 4 is 44.0 Å². The Morgan fingerprint density at radius 3 is 2.77 bits per heavy atom. The van der Waals surface area contributed by atoms with Gasteiger partial charge in [0.15, 0.2) is 15.0 Å². The lowest BCUT2D eigenvalue weighted by Gasteiger charge is -2.34. The van der Waals surface area contributed by atoms with Crippen molar-refractivity contribution in [2.75, 3.05) is 35.7 Å². The van der Waals surface area contributed by atoms with Crippen LogP contribution in [0.4, 0.5) is 5.13 Å². The molecule has 0 aromatic carbocycles. The van der Waals surface area contributed by atoms with Crippen molar-refractivity contribution < 1.29 is 13.2 Å². The van der Waals surface area contributed by atoms with Gasteiger partial charge >= 0.3 is 0 Å². The number of thioether (sulfide) groups is 1. The predicted molar refractivity (Wildman–Crippen MR) is 108 cm³/mol. The van der Waals surface area contributed by atoms with Gasteiger partial charge in [-0.05, 0) is 24.7 Å². The average molecular weight is 418 g/mol. The average Bonchev–Trinajstić information content (AvgIpc) is 3.10. The minimum absolute atomic E-state index is 0.0423. The van der Waals surface area contributed by atoms with Crippen LogP contribution in [-0.2, 0) is 21.2 Å². The Balaban J connectivity index is 1.43. The summed E-state index contributed by atoms with van der Waals surface area (Å²) in [4.78, 5) is 19.1. The van der Waals surface area contributed by atoms with Crippen molar-refractivity contribution in [2.24, 2.45) is 11.8 Å². The number of hydrogen-bond acceptors (Lipinski definition) is 7. The molecule has 0 bridgehead atoms. The van der Waals surface area contributed by atoms with Crippen molar-refractivity contribution in [3.05, 3.63) is 11.1 Å². The standard InChI is InChI=1S/C17H27N3O3S3/c1-12-5-13(2)7-20(6-12)8-14-9-25-17(18-14)19-16(21)10-24-15-3-4-26(22,23)11-15/h9,12-13,15H,3-8,10-11H2,1-2H3,(H,18,19,21). The topological polar surface area (TPSA) is 79.4 Å². The lowest BCUT2D eigenvalue weighted by Crippen LogP contribution is -2.38. The number of aromatic nitrogens is 1. The van der Waals surface area contributed by atoms with Crippen molar-refractivity contribution in [3.63, 3.8) is 0 Å². The first-order valence-electron chi connectivity index (χ1n) is 9.07. The van der Waals surface area contributed by atoms with E-state index in [4.69, 9.17) is 0 Å². The Morgan fingerprint density at radius 1 is 1.38 bits per heavy atom. The molecule has 3 rings (SSSR count). The third-order valence-corrected chi connectivity index (χ3v) is 8.86. The van der Waals surface area contributed by atoms with Gasteiger partial charge < -0.3 is 5.32 Å². The van der Waals surface area contributed by atoms with Gasteiger partial charge in [-0.15, -0.1) is 23.1 Å². The van der Waals surface area contributed by atoms with E-state index in [1.165, 1.54) is 29.5 Å². The van der Waals surface area contributed by atoms with Crippen LogP contribution in [0.2, 0.25) is 0 Å². The number of carbonyl (C=O) groups is 1. The molecule has 0 aliphatic carbocycles. The molecule has 1 N–H and O–H groups in total. The molecular formula is C17H27N3O3S3. The van der Waals surface area contributed by atoms with Gasteiger partial charge in [-0.3, -0.25) is 9.69 Å². The van der Waals surface area contributed by atoms with E-state index < -0.39 is 9.84 Å². The van der Waals surface area contributed by atoms with E-state index >= 15 is 0 Å². The fraction of sp³-hybridized carbons (Fsp3) is 0.765. The van der Waals surface area contributed by atoms with Crippen LogP contribution < -0.4 is 5.32 Å². The van der Waals surface area contributed by atoms with Crippen LogP contribution in [0.3, 0.4) is 0 Å². The molecule has 1 aromatic rings. The van der Waals surface area contributed by atoms with Crippen LogP contribution in [0.1, 0.15) is 32.4 Å². The van der Waals surface area contributed by atoms with Gasteiger partial charge in [0.2, 0.25) is 5.91 Å². The van der Waals surface area contributed by atoms with Crippen LogP contribution in [0, 0.1) is 11.8 Å². The highest BCUT2D eigenvalue weighted by Gasteiger charge is 2.28. The summed E-state index contributed by atoms with van der Waals surface area (Å²) in [6.45, 7) is 7.62. The first kappa shape index (κ1) is 20.1. The maximum Gasteiger partial charge on any atom is 0.236 e. The molecular weight excluding hydrogens is 390 g/mol. The van der Waals surface area contributed by atoms with Crippen LogP contribution in [0.15, 0.2) is 5.38 Å². The summed E-state index contributed by atoms with van der Waals surface area (Å²) in [7, 11) is -2.89. The number of anilines is 1. The molecule has 2 fully saturated rings. The largest absolute Gasteiger partial charge is 0.301 e. The van der Waals surface area contributed by atoms with Gasteiger partial charge in [-0.1, -0.05) is 13.8 Å². The molecule has 1 amide bonds. The number of rotatable bonds is 6. The maximum absolute atomic E-state index is 12.1. The van der Waals surface area contributed by atoms with Crippen LogP contribution in [0.25, 0.3) is 0 Å². The Kier molecular flexibility index (Phi) is 6.63. The number of amides is 1. The van der Waals surface area contributed by atoms with E-state index in [-0.39, 0.29) is 28.4 Å². The third kappa shape index (κ3) is 5.94. The zero-order chi connectivity index (χ0) is 18.7. The summed E-state index contributed by atoms with van der Waals surface area (Å²) in [5.74, 6) is 2.03. The first-order chi connectivity index (χ1) is 12.3. The number of nitrogens with zero attached hydrogens (tertiary/aromatic N) is 2. The smallest absolute Gasteiger partial charge is 0.236 e. The summed E-state index contributed by atoms with van der Waals surface area (Å²) >= 11 is 2.88. The number of hydrogen-bond donors (Lipinski definition) is 1. The number of carbonyl (C=O) groups excluding carboxylic acids is 1. The summed E-state index contributed by atoms with van der Waals surface area (Å²) in [6, 6.07) is 0. The lowest BCUT2D eigenvalue weighted by atomic mass is 9.92. The zero-order valence-electron chi connectivity index (χ0n) is 15.3. The van der Waals surface area contributed by atoms with Crippen LogP contribution >= 0.6 is 23.1 Å². The second kappa shape index (κ2) is 8.58. The lowest BCUT2D eigenvalue weighted by molar-refractivity contribution is -0.113. The summed E-state index contributed by atoms with van der Waals surface area (Å²) in [5, 5.41) is 5.52. The zero-order valence-corrected chi connectivity index (χ0v) is 17.8. The Hall–Kier alpha value is -0.640. The minimum Gasteiger partial charge on any atom is -0.301 e. The number of likely N-dealkylation sites (tertiary alicyclic amines) is 1. The highest BCUT2D eigenvalue weighted by atomic mass is 32.2. The SMILES string of the molecule is CC1CC(C)CN(Cc2csc(NC(=O)CSC3CCS(=O)(=O)C3)n2)C1. The molecule has 6 nitrogen and oxygen atoms in total. The highest BCUT2D eigenvalue weighted by Crippen LogP contribution is 2.26. The summed E-state index contributed by atoms with van der Waals surface area (Å²) in [6.07, 6.45) is 1.93. The number of thiazole rings is 1. The van der Waals surface area contributed by atoms with Gasteiger partial charge in [-0.2, -0.15) is 0 Å². The van der Waals surface area contributed by atoms with E-state index in [1.54, 1.807) is 0 Å². The second-order valence-electron chi connectivity index (χ2n) is 7.67. The van der Waals surface area contributed by atoms with Gasteiger partial charge in [0.1, 0.15) is 0 Å². The van der Waals surface area contributed by atoms with Gasteiger partial charge in [0, 0.05) is 30.3 Å². The van der Waals surface area contributed by atoms with Crippen molar-refractivity contribution in [1.29, 1.82) is 0 Å². The molecule has 0 spiro atoms. The van der Waals surface area contributed by atoms with Crippen molar-refractivity contribution in [2.45, 2.75) is 38.5 Å². The first-order valence-corrected chi connectivity index (χ1v) is 12.8. The monoisotopic (exact) mass is 417 g/mol. The van der Waals surface area contributed by atoms with Crippen molar-refractivity contribution in [3.8, 4) is 0 Å². The number of sulfone groups is 1.